The van der Waals surface area contributed by atoms with Gasteiger partial charge in [0.2, 0.25) is 0 Å². The van der Waals surface area contributed by atoms with Gasteiger partial charge in [-0.15, -0.1) is 11.8 Å². The smallest absolute Gasteiger partial charge is 0.335 e. The Balaban J connectivity index is 2.18. The van der Waals surface area contributed by atoms with Crippen LogP contribution in [0, 0.1) is 11.6 Å². The molecule has 0 atom stereocenters. The van der Waals surface area contributed by atoms with E-state index in [0.717, 1.165) is 17.8 Å². The molecular formula is C14H9ClF2O2S. The van der Waals surface area contributed by atoms with E-state index in [1.165, 1.54) is 24.3 Å². The van der Waals surface area contributed by atoms with Gasteiger partial charge in [-0.25, -0.2) is 13.6 Å². The summed E-state index contributed by atoms with van der Waals surface area (Å²) in [7, 11) is 0. The van der Waals surface area contributed by atoms with E-state index in [2.05, 4.69) is 0 Å². The predicted molar refractivity (Wildman–Crippen MR) is 74.3 cm³/mol. The largest absolute Gasteiger partial charge is 0.478 e. The van der Waals surface area contributed by atoms with E-state index in [4.69, 9.17) is 16.7 Å². The highest BCUT2D eigenvalue weighted by Gasteiger charge is 2.10. The highest BCUT2D eigenvalue weighted by Crippen LogP contribution is 2.28. The summed E-state index contributed by atoms with van der Waals surface area (Å²) in [5.74, 6) is -1.96. The molecule has 0 spiro atoms. The first-order valence-electron chi connectivity index (χ1n) is 5.57. The van der Waals surface area contributed by atoms with Gasteiger partial charge in [0.1, 0.15) is 11.6 Å². The van der Waals surface area contributed by atoms with Crippen LogP contribution in [-0.2, 0) is 5.75 Å². The molecule has 0 aliphatic rings. The van der Waals surface area contributed by atoms with Crippen LogP contribution in [0.2, 0.25) is 5.02 Å². The van der Waals surface area contributed by atoms with Crippen LogP contribution in [0.1, 0.15) is 15.9 Å². The summed E-state index contributed by atoms with van der Waals surface area (Å²) < 4.78 is 27.1. The highest BCUT2D eigenvalue weighted by atomic mass is 35.5. The maximum absolute atomic E-state index is 13.6. The van der Waals surface area contributed by atoms with Gasteiger partial charge in [-0.3, -0.25) is 0 Å². The standard InChI is InChI=1S/C14H9ClF2O2S/c15-10-3-1-9(12(17)6-10)7-20-13-5-8(14(18)19)2-4-11(13)16/h1-6H,7H2,(H,18,19). The van der Waals surface area contributed by atoms with Crippen molar-refractivity contribution in [1.29, 1.82) is 0 Å². The van der Waals surface area contributed by atoms with Crippen molar-refractivity contribution < 1.29 is 18.7 Å². The van der Waals surface area contributed by atoms with Gasteiger partial charge in [-0.05, 0) is 35.9 Å². The number of hydrogen-bond acceptors (Lipinski definition) is 2. The van der Waals surface area contributed by atoms with Crippen molar-refractivity contribution in [3.8, 4) is 0 Å². The molecule has 0 unspecified atom stereocenters. The first-order valence-corrected chi connectivity index (χ1v) is 6.93. The molecule has 0 bridgehead atoms. The molecule has 2 rings (SSSR count). The average Bonchev–Trinajstić information content (AvgIpc) is 2.39. The molecule has 0 radical (unpaired) electrons. The Kier molecular flexibility index (Phi) is 4.62. The Morgan fingerprint density at radius 2 is 1.90 bits per heavy atom. The summed E-state index contributed by atoms with van der Waals surface area (Å²) in [4.78, 5) is 11.0. The van der Waals surface area contributed by atoms with Crippen molar-refractivity contribution in [2.24, 2.45) is 0 Å². The quantitative estimate of drug-likeness (QED) is 0.837. The number of rotatable bonds is 4. The van der Waals surface area contributed by atoms with Crippen LogP contribution in [0.25, 0.3) is 0 Å². The van der Waals surface area contributed by atoms with Crippen LogP contribution < -0.4 is 0 Å². The van der Waals surface area contributed by atoms with E-state index in [1.54, 1.807) is 6.07 Å². The van der Waals surface area contributed by atoms with Gasteiger partial charge in [-0.2, -0.15) is 0 Å². The monoisotopic (exact) mass is 314 g/mol. The molecule has 6 heteroatoms. The Labute approximate surface area is 123 Å². The van der Waals surface area contributed by atoms with Gasteiger partial charge in [-0.1, -0.05) is 17.7 Å². The van der Waals surface area contributed by atoms with Crippen LogP contribution in [0.15, 0.2) is 41.3 Å². The Morgan fingerprint density at radius 1 is 1.15 bits per heavy atom. The topological polar surface area (TPSA) is 37.3 Å². The van der Waals surface area contributed by atoms with Gasteiger partial charge < -0.3 is 5.11 Å². The van der Waals surface area contributed by atoms with Crippen molar-refractivity contribution in [2.45, 2.75) is 10.6 Å². The number of aromatic carboxylic acids is 1. The minimum Gasteiger partial charge on any atom is -0.478 e. The van der Waals surface area contributed by atoms with Crippen molar-refractivity contribution in [2.75, 3.05) is 0 Å². The van der Waals surface area contributed by atoms with Crippen LogP contribution in [-0.4, -0.2) is 11.1 Å². The lowest BCUT2D eigenvalue weighted by Crippen LogP contribution is -1.97. The Hall–Kier alpha value is -1.59. The molecule has 0 saturated carbocycles. The third-order valence-corrected chi connectivity index (χ3v) is 3.89. The van der Waals surface area contributed by atoms with Gasteiger partial charge in [0, 0.05) is 15.7 Å². The van der Waals surface area contributed by atoms with Crippen LogP contribution in [0.3, 0.4) is 0 Å². The molecule has 20 heavy (non-hydrogen) atoms. The lowest BCUT2D eigenvalue weighted by molar-refractivity contribution is 0.0696. The SMILES string of the molecule is O=C(O)c1ccc(F)c(SCc2ccc(Cl)cc2F)c1. The second kappa shape index (κ2) is 6.24. The summed E-state index contributed by atoms with van der Waals surface area (Å²) >= 11 is 6.67. The molecule has 0 aliphatic heterocycles. The van der Waals surface area contributed by atoms with Crippen molar-refractivity contribution in [1.82, 2.24) is 0 Å². The number of thioether (sulfide) groups is 1. The molecule has 0 saturated heterocycles. The first kappa shape index (κ1) is 14.8. The number of halogens is 3. The van der Waals surface area contributed by atoms with Gasteiger partial charge in [0.05, 0.1) is 5.56 Å². The predicted octanol–water partition coefficient (Wildman–Crippen LogP) is 4.61. The molecular weight excluding hydrogens is 306 g/mol. The molecule has 0 amide bonds. The minimum absolute atomic E-state index is 0.00882. The number of carboxylic acids is 1. The summed E-state index contributed by atoms with van der Waals surface area (Å²) in [6.07, 6.45) is 0. The van der Waals surface area contributed by atoms with Crippen molar-refractivity contribution >= 4 is 29.3 Å². The van der Waals surface area contributed by atoms with E-state index in [9.17, 15) is 13.6 Å². The molecule has 2 aromatic carbocycles. The molecule has 0 aliphatic carbocycles. The molecule has 2 aromatic rings. The lowest BCUT2D eigenvalue weighted by atomic mass is 10.2. The van der Waals surface area contributed by atoms with E-state index >= 15 is 0 Å². The Morgan fingerprint density at radius 3 is 2.55 bits per heavy atom. The number of hydrogen-bond donors (Lipinski definition) is 1. The number of carbonyl (C=O) groups is 1. The zero-order valence-electron chi connectivity index (χ0n) is 10.1. The fourth-order valence-electron chi connectivity index (χ4n) is 1.54. The first-order chi connectivity index (χ1) is 9.47. The van der Waals surface area contributed by atoms with Crippen LogP contribution >= 0.6 is 23.4 Å². The highest BCUT2D eigenvalue weighted by molar-refractivity contribution is 7.98. The number of carboxylic acid groups (broad SMARTS) is 1. The molecule has 1 N–H and O–H groups in total. The molecule has 0 fully saturated rings. The summed E-state index contributed by atoms with van der Waals surface area (Å²) in [5.41, 5.74) is 0.366. The zero-order valence-corrected chi connectivity index (χ0v) is 11.6. The van der Waals surface area contributed by atoms with E-state index < -0.39 is 17.6 Å². The Bertz CT molecular complexity index is 662. The lowest BCUT2D eigenvalue weighted by Gasteiger charge is -2.06. The fraction of sp³-hybridized carbons (Fsp3) is 0.0714. The minimum atomic E-state index is -1.13. The van der Waals surface area contributed by atoms with E-state index in [0.29, 0.717) is 5.56 Å². The van der Waals surface area contributed by atoms with Crippen molar-refractivity contribution in [3.63, 3.8) is 0 Å². The van der Waals surface area contributed by atoms with E-state index in [1.807, 2.05) is 0 Å². The van der Waals surface area contributed by atoms with Gasteiger partial charge in [0.25, 0.3) is 0 Å². The second-order valence-electron chi connectivity index (χ2n) is 3.97. The van der Waals surface area contributed by atoms with Gasteiger partial charge >= 0.3 is 5.97 Å². The fourth-order valence-corrected chi connectivity index (χ4v) is 2.66. The summed E-state index contributed by atoms with van der Waals surface area (Å²) in [5, 5.41) is 9.14. The molecule has 104 valence electrons. The van der Waals surface area contributed by atoms with Gasteiger partial charge in [0.15, 0.2) is 0 Å². The van der Waals surface area contributed by atoms with Crippen molar-refractivity contribution in [3.05, 3.63) is 64.2 Å². The van der Waals surface area contributed by atoms with Crippen LogP contribution in [0.5, 0.6) is 0 Å². The third-order valence-electron chi connectivity index (χ3n) is 2.58. The molecule has 0 heterocycles. The normalized spacial score (nSPS) is 10.6. The van der Waals surface area contributed by atoms with E-state index in [-0.39, 0.29) is 21.2 Å². The number of benzene rings is 2. The third kappa shape index (κ3) is 3.49. The summed E-state index contributed by atoms with van der Waals surface area (Å²) in [6.45, 7) is 0. The summed E-state index contributed by atoms with van der Waals surface area (Å²) in [6, 6.07) is 7.75. The maximum atomic E-state index is 13.6. The molecule has 2 nitrogen and oxygen atoms in total. The molecule has 0 aromatic heterocycles. The maximum Gasteiger partial charge on any atom is 0.335 e. The second-order valence-corrected chi connectivity index (χ2v) is 5.43. The zero-order chi connectivity index (χ0) is 14.7. The van der Waals surface area contributed by atoms with Crippen LogP contribution in [0.4, 0.5) is 8.78 Å². The average molecular weight is 315 g/mol.